The van der Waals surface area contributed by atoms with E-state index in [0.29, 0.717) is 17.0 Å². The number of aromatic amines is 2. The van der Waals surface area contributed by atoms with Gasteiger partial charge in [-0.25, -0.2) is 19.6 Å². The van der Waals surface area contributed by atoms with Gasteiger partial charge in [-0.2, -0.15) is 0 Å². The molecule has 3 aromatic heterocycles. The van der Waals surface area contributed by atoms with Crippen LogP contribution in [0.15, 0.2) is 146 Å². The summed E-state index contributed by atoms with van der Waals surface area (Å²) in [6.45, 7) is 27.4. The van der Waals surface area contributed by atoms with Crippen molar-refractivity contribution < 1.29 is 9.53 Å². The fourth-order valence-electron chi connectivity index (χ4n) is 9.36. The third kappa shape index (κ3) is 9.29. The number of fused-ring (bicyclic) bond motifs is 8. The van der Waals surface area contributed by atoms with Crippen molar-refractivity contribution in [3.63, 3.8) is 0 Å². The molecule has 8 aromatic rings. The van der Waals surface area contributed by atoms with Crippen LogP contribution in [0.4, 0.5) is 5.69 Å². The molecule has 7 nitrogen and oxygen atoms in total. The molecule has 10 rings (SSSR count). The van der Waals surface area contributed by atoms with Crippen LogP contribution in [0.3, 0.4) is 0 Å². The SMILES string of the molecule is [C-]#[N+]c1ccc(C(=O)Oc2ccc(-c3c4nc(c(-c5ccc(C(C)(C)C)cc5)c5ccc([nH]5)c(-c5ccc(C(C)(C)C)cc5)c5nc(c(-c6ccc(C(C)(C)C)cc6)c6ccc3[nH]6)C=C5)C=C4)cc2)cc1. The summed E-state index contributed by atoms with van der Waals surface area (Å²) >= 11 is 0. The summed E-state index contributed by atoms with van der Waals surface area (Å²) in [7, 11) is 0. The molecule has 2 aliphatic rings. The Balaban J connectivity index is 1.25. The van der Waals surface area contributed by atoms with E-state index >= 15 is 0 Å². The molecule has 8 bridgehead atoms. The molecule has 0 atom stereocenters. The van der Waals surface area contributed by atoms with Crippen molar-refractivity contribution in [2.75, 3.05) is 0 Å². The molecule has 71 heavy (non-hydrogen) atoms. The van der Waals surface area contributed by atoms with Crippen LogP contribution in [0.2, 0.25) is 0 Å². The minimum atomic E-state index is -0.500. The van der Waals surface area contributed by atoms with Crippen molar-refractivity contribution in [2.24, 2.45) is 0 Å². The first kappa shape index (κ1) is 46.4. The van der Waals surface area contributed by atoms with Crippen LogP contribution in [-0.2, 0) is 16.2 Å². The summed E-state index contributed by atoms with van der Waals surface area (Å²) in [6, 6.07) is 49.2. The van der Waals surface area contributed by atoms with Crippen molar-refractivity contribution in [3.8, 4) is 50.3 Å². The monoisotopic (exact) mass is 927 g/mol. The highest BCUT2D eigenvalue weighted by Gasteiger charge is 2.22. The van der Waals surface area contributed by atoms with E-state index in [9.17, 15) is 4.79 Å². The van der Waals surface area contributed by atoms with Crippen LogP contribution in [-0.4, -0.2) is 25.9 Å². The van der Waals surface area contributed by atoms with Gasteiger partial charge in [0.2, 0.25) is 0 Å². The normalized spacial score (nSPS) is 12.5. The molecule has 5 aromatic carbocycles. The molecular weight excluding hydrogens is 871 g/mol. The molecule has 2 N–H and O–H groups in total. The predicted molar refractivity (Wildman–Crippen MR) is 294 cm³/mol. The Labute approximate surface area is 416 Å². The van der Waals surface area contributed by atoms with Gasteiger partial charge >= 0.3 is 5.97 Å². The quantitative estimate of drug-likeness (QED) is 0.0988. The van der Waals surface area contributed by atoms with E-state index < -0.39 is 5.97 Å². The van der Waals surface area contributed by atoms with Crippen LogP contribution < -0.4 is 4.74 Å². The molecule has 5 heterocycles. The van der Waals surface area contributed by atoms with E-state index in [1.807, 2.05) is 24.3 Å². The van der Waals surface area contributed by atoms with Gasteiger partial charge < -0.3 is 14.7 Å². The van der Waals surface area contributed by atoms with Gasteiger partial charge in [0, 0.05) is 44.3 Å². The number of esters is 1. The Bertz CT molecular complexity index is 3580. The molecular formula is C64H57N5O2. The molecule has 7 heteroatoms. The topological polar surface area (TPSA) is 88.0 Å². The van der Waals surface area contributed by atoms with E-state index in [-0.39, 0.29) is 16.2 Å². The Morgan fingerprint density at radius 1 is 0.423 bits per heavy atom. The summed E-state index contributed by atoms with van der Waals surface area (Å²) in [5.74, 6) is -0.101. The molecule has 0 amide bonds. The molecule has 0 radical (unpaired) electrons. The molecule has 0 spiro atoms. The molecule has 0 unspecified atom stereocenters. The van der Waals surface area contributed by atoms with Crippen LogP contribution in [0, 0.1) is 6.57 Å². The molecule has 0 saturated carbocycles. The van der Waals surface area contributed by atoms with Gasteiger partial charge in [-0.3, -0.25) is 0 Å². The fourth-order valence-corrected chi connectivity index (χ4v) is 9.36. The summed E-state index contributed by atoms with van der Waals surface area (Å²) in [4.78, 5) is 35.4. The number of carbonyl (C=O) groups excluding carboxylic acids is 1. The number of nitrogens with one attached hydrogen (secondary N) is 2. The average Bonchev–Trinajstić information content (AvgIpc) is 4.20. The van der Waals surface area contributed by atoms with E-state index in [1.54, 1.807) is 24.3 Å². The maximum Gasteiger partial charge on any atom is 0.343 e. The number of nitrogens with zero attached hydrogens (tertiary/aromatic N) is 3. The minimum Gasteiger partial charge on any atom is -0.423 e. The number of hydrogen-bond acceptors (Lipinski definition) is 4. The van der Waals surface area contributed by atoms with Gasteiger partial charge in [0.15, 0.2) is 5.69 Å². The Morgan fingerprint density at radius 3 is 1.00 bits per heavy atom. The predicted octanol–water partition coefficient (Wildman–Crippen LogP) is 17.0. The highest BCUT2D eigenvalue weighted by Crippen LogP contribution is 2.40. The van der Waals surface area contributed by atoms with E-state index in [0.717, 1.165) is 89.4 Å². The van der Waals surface area contributed by atoms with E-state index in [4.69, 9.17) is 21.3 Å². The van der Waals surface area contributed by atoms with Gasteiger partial charge in [0.25, 0.3) is 0 Å². The zero-order valence-electron chi connectivity index (χ0n) is 41.8. The number of aromatic nitrogens is 4. The average molecular weight is 928 g/mol. The van der Waals surface area contributed by atoms with Crippen LogP contribution in [0.1, 0.15) is 112 Å². The lowest BCUT2D eigenvalue weighted by Gasteiger charge is -2.19. The number of benzene rings is 5. The highest BCUT2D eigenvalue weighted by atomic mass is 16.5. The third-order valence-corrected chi connectivity index (χ3v) is 13.5. The van der Waals surface area contributed by atoms with Crippen molar-refractivity contribution in [1.82, 2.24) is 19.9 Å². The molecule has 0 saturated heterocycles. The summed E-state index contributed by atoms with van der Waals surface area (Å²) in [5, 5.41) is 0. The largest absolute Gasteiger partial charge is 0.423 e. The fraction of sp³-hybridized carbons (Fsp3) is 0.188. The number of hydrogen-bond donors (Lipinski definition) is 2. The first-order valence-electron chi connectivity index (χ1n) is 24.2. The third-order valence-electron chi connectivity index (χ3n) is 13.5. The number of H-pyrrole nitrogens is 2. The van der Waals surface area contributed by atoms with Crippen LogP contribution in [0.25, 0.3) is 95.7 Å². The lowest BCUT2D eigenvalue weighted by molar-refractivity contribution is 0.0734. The van der Waals surface area contributed by atoms with Gasteiger partial charge in [0.1, 0.15) is 5.75 Å². The van der Waals surface area contributed by atoms with Crippen molar-refractivity contribution in [1.29, 1.82) is 0 Å². The van der Waals surface area contributed by atoms with Gasteiger partial charge in [-0.1, -0.05) is 172 Å². The zero-order chi connectivity index (χ0) is 49.8. The standard InChI is InChI=1S/C64H57N5O2/c1-62(2,3)44-21-11-39(12-22-44)57-49-31-33-51(66-49)58(40-13-23-45(24-14-40)63(4,5)6)53-35-37-55(68-53)60(42-19-29-48(30-20-42)71-61(70)43-17-27-47(65-10)28-18-43)56-38-36-54(69-56)59(52-34-32-50(57)67-52)41-15-25-46(26-16-41)64(7,8)9/h11-38,66,69H,1-9H3. The summed E-state index contributed by atoms with van der Waals surface area (Å²) in [5.41, 5.74) is 19.3. The summed E-state index contributed by atoms with van der Waals surface area (Å²) < 4.78 is 5.83. The van der Waals surface area contributed by atoms with Crippen molar-refractivity contribution >= 4 is 58.0 Å². The highest BCUT2D eigenvalue weighted by molar-refractivity contribution is 6.00. The first-order valence-corrected chi connectivity index (χ1v) is 24.2. The van der Waals surface area contributed by atoms with Crippen molar-refractivity contribution in [3.05, 3.63) is 202 Å². The molecule has 0 aliphatic carbocycles. The number of rotatable bonds is 6. The van der Waals surface area contributed by atoms with E-state index in [2.05, 4.69) is 198 Å². The van der Waals surface area contributed by atoms with E-state index in [1.165, 1.54) is 16.7 Å². The Morgan fingerprint density at radius 2 is 0.718 bits per heavy atom. The first-order chi connectivity index (χ1) is 33.9. The smallest absolute Gasteiger partial charge is 0.343 e. The van der Waals surface area contributed by atoms with Crippen LogP contribution in [0.5, 0.6) is 5.75 Å². The lowest BCUT2D eigenvalue weighted by Crippen LogP contribution is -2.10. The maximum absolute atomic E-state index is 13.2. The lowest BCUT2D eigenvalue weighted by atomic mass is 9.86. The molecule has 2 aliphatic heterocycles. The Hall–Kier alpha value is -8.34. The Kier molecular flexibility index (Phi) is 11.7. The molecule has 0 fully saturated rings. The molecule has 350 valence electrons. The number of ether oxygens (including phenoxy) is 1. The summed E-state index contributed by atoms with van der Waals surface area (Å²) in [6.07, 6.45) is 8.47. The minimum absolute atomic E-state index is 0.00161. The second-order valence-corrected chi connectivity index (χ2v) is 21.6. The van der Waals surface area contributed by atoms with Gasteiger partial charge in [0.05, 0.1) is 34.9 Å². The van der Waals surface area contributed by atoms with Crippen molar-refractivity contribution in [2.45, 2.75) is 78.6 Å². The number of carbonyl (C=O) groups is 1. The second kappa shape index (κ2) is 17.9. The second-order valence-electron chi connectivity index (χ2n) is 21.6. The zero-order valence-corrected chi connectivity index (χ0v) is 41.8. The maximum atomic E-state index is 13.2. The van der Waals surface area contributed by atoms with Gasteiger partial charge in [-0.05, 0) is 116 Å². The van der Waals surface area contributed by atoms with Crippen LogP contribution >= 0.6 is 0 Å². The van der Waals surface area contributed by atoms with Gasteiger partial charge in [-0.15, -0.1) is 0 Å².